The lowest BCUT2D eigenvalue weighted by atomic mass is 10.2. The molecule has 0 spiro atoms. The maximum absolute atomic E-state index is 12.5. The molecule has 162 valence electrons. The summed E-state index contributed by atoms with van der Waals surface area (Å²) in [5, 5.41) is 2.49. The van der Waals surface area contributed by atoms with E-state index in [0.717, 1.165) is 0 Å². The first-order chi connectivity index (χ1) is 14.6. The zero-order chi connectivity index (χ0) is 22.5. The van der Waals surface area contributed by atoms with Crippen molar-refractivity contribution < 1.29 is 31.1 Å². The molecule has 3 rings (SSSR count). The second kappa shape index (κ2) is 9.09. The second-order valence-electron chi connectivity index (χ2n) is 6.35. The molecule has 0 unspecified atom stereocenters. The SMILES string of the molecule is O=C(Nc1ccccc1OCC(F)(F)F)c1ccc(NS(=O)(=O)c2ccccc2)cc1. The Kier molecular flexibility index (Phi) is 6.50. The number of hydrogen-bond acceptors (Lipinski definition) is 4. The van der Waals surface area contributed by atoms with E-state index in [4.69, 9.17) is 4.74 Å². The number of benzene rings is 3. The van der Waals surface area contributed by atoms with Gasteiger partial charge in [-0.2, -0.15) is 13.2 Å². The third-order valence-corrected chi connectivity index (χ3v) is 5.38. The van der Waals surface area contributed by atoms with E-state index in [1.807, 2.05) is 0 Å². The van der Waals surface area contributed by atoms with Gasteiger partial charge in [0.15, 0.2) is 6.61 Å². The maximum atomic E-state index is 12.5. The lowest BCUT2D eigenvalue weighted by Crippen LogP contribution is -2.20. The van der Waals surface area contributed by atoms with Crippen LogP contribution in [0, 0.1) is 0 Å². The predicted molar refractivity (Wildman–Crippen MR) is 110 cm³/mol. The van der Waals surface area contributed by atoms with E-state index in [0.29, 0.717) is 0 Å². The fourth-order valence-corrected chi connectivity index (χ4v) is 3.63. The third-order valence-electron chi connectivity index (χ3n) is 3.98. The Hall–Kier alpha value is -3.53. The number of rotatable bonds is 7. The average molecular weight is 450 g/mol. The van der Waals surface area contributed by atoms with Crippen LogP contribution in [0.2, 0.25) is 0 Å². The molecule has 1 amide bonds. The number of amides is 1. The van der Waals surface area contributed by atoms with Crippen LogP contribution in [0.15, 0.2) is 83.8 Å². The second-order valence-corrected chi connectivity index (χ2v) is 8.03. The fraction of sp³-hybridized carbons (Fsp3) is 0.0952. The lowest BCUT2D eigenvalue weighted by molar-refractivity contribution is -0.153. The van der Waals surface area contributed by atoms with Crippen molar-refractivity contribution in [3.05, 3.63) is 84.4 Å². The first kappa shape index (κ1) is 22.2. The van der Waals surface area contributed by atoms with Crippen LogP contribution in [0.1, 0.15) is 10.4 Å². The number of carbonyl (C=O) groups excluding carboxylic acids is 1. The van der Waals surface area contributed by atoms with Crippen LogP contribution in [0.5, 0.6) is 5.75 Å². The van der Waals surface area contributed by atoms with Crippen molar-refractivity contribution in [2.75, 3.05) is 16.6 Å². The number of anilines is 2. The van der Waals surface area contributed by atoms with E-state index < -0.39 is 28.7 Å². The van der Waals surface area contributed by atoms with Crippen molar-refractivity contribution in [3.63, 3.8) is 0 Å². The summed E-state index contributed by atoms with van der Waals surface area (Å²) in [7, 11) is -3.78. The highest BCUT2D eigenvalue weighted by atomic mass is 32.2. The van der Waals surface area contributed by atoms with Gasteiger partial charge in [-0.15, -0.1) is 0 Å². The summed E-state index contributed by atoms with van der Waals surface area (Å²) in [6.45, 7) is -1.49. The number of carbonyl (C=O) groups is 1. The quantitative estimate of drug-likeness (QED) is 0.548. The average Bonchev–Trinajstić information content (AvgIpc) is 2.73. The van der Waals surface area contributed by atoms with Crippen LogP contribution >= 0.6 is 0 Å². The Bertz CT molecular complexity index is 1150. The van der Waals surface area contributed by atoms with Crippen molar-refractivity contribution in [1.29, 1.82) is 0 Å². The molecule has 0 saturated carbocycles. The molecule has 3 aromatic carbocycles. The normalized spacial score (nSPS) is 11.6. The summed E-state index contributed by atoms with van der Waals surface area (Å²) in [6.07, 6.45) is -4.51. The summed E-state index contributed by atoms with van der Waals surface area (Å²) in [4.78, 5) is 12.5. The Morgan fingerprint density at radius 1 is 0.871 bits per heavy atom. The molecule has 0 fully saturated rings. The first-order valence-electron chi connectivity index (χ1n) is 8.92. The van der Waals surface area contributed by atoms with E-state index in [-0.39, 0.29) is 27.6 Å². The number of sulfonamides is 1. The minimum Gasteiger partial charge on any atom is -0.482 e. The molecule has 0 bridgehead atoms. The molecule has 6 nitrogen and oxygen atoms in total. The summed E-state index contributed by atoms with van der Waals surface area (Å²) < 4.78 is 69.0. The van der Waals surface area contributed by atoms with Gasteiger partial charge in [0.2, 0.25) is 0 Å². The molecule has 10 heteroatoms. The topological polar surface area (TPSA) is 84.5 Å². The molecule has 0 aliphatic carbocycles. The summed E-state index contributed by atoms with van der Waals surface area (Å²) in [5.41, 5.74) is 0.494. The van der Waals surface area contributed by atoms with Crippen LogP contribution in [0.4, 0.5) is 24.5 Å². The molecule has 0 heterocycles. The minimum absolute atomic E-state index is 0.0746. The van der Waals surface area contributed by atoms with Gasteiger partial charge in [-0.3, -0.25) is 9.52 Å². The summed E-state index contributed by atoms with van der Waals surface area (Å²) in [6, 6.07) is 19.1. The van der Waals surface area contributed by atoms with Gasteiger partial charge in [-0.1, -0.05) is 30.3 Å². The largest absolute Gasteiger partial charge is 0.482 e. The van der Waals surface area contributed by atoms with Crippen molar-refractivity contribution in [3.8, 4) is 5.75 Å². The maximum Gasteiger partial charge on any atom is 0.422 e. The van der Waals surface area contributed by atoms with Gasteiger partial charge in [0.1, 0.15) is 5.75 Å². The highest BCUT2D eigenvalue weighted by molar-refractivity contribution is 7.92. The molecule has 31 heavy (non-hydrogen) atoms. The molecule has 0 saturated heterocycles. The van der Waals surface area contributed by atoms with Gasteiger partial charge in [0, 0.05) is 11.3 Å². The van der Waals surface area contributed by atoms with E-state index in [1.165, 1.54) is 60.7 Å². The van der Waals surface area contributed by atoms with E-state index in [1.54, 1.807) is 18.2 Å². The molecular formula is C21H17F3N2O4S. The molecule has 2 N–H and O–H groups in total. The number of hydrogen-bond donors (Lipinski definition) is 2. The Balaban J connectivity index is 1.69. The van der Waals surface area contributed by atoms with Crippen LogP contribution in [-0.4, -0.2) is 27.1 Å². The molecule has 0 radical (unpaired) electrons. The van der Waals surface area contributed by atoms with Gasteiger partial charge in [0.25, 0.3) is 15.9 Å². The monoisotopic (exact) mass is 450 g/mol. The molecule has 0 aromatic heterocycles. The lowest BCUT2D eigenvalue weighted by Gasteiger charge is -2.14. The molecule has 0 aliphatic heterocycles. The summed E-state index contributed by atoms with van der Waals surface area (Å²) >= 11 is 0. The van der Waals surface area contributed by atoms with Crippen molar-refractivity contribution in [1.82, 2.24) is 0 Å². The number of nitrogens with one attached hydrogen (secondary N) is 2. The standard InChI is InChI=1S/C21H17F3N2O4S/c22-21(23,24)14-30-19-9-5-4-8-18(19)25-20(27)15-10-12-16(13-11-15)26-31(28,29)17-6-2-1-3-7-17/h1-13,26H,14H2,(H,25,27). The van der Waals surface area contributed by atoms with Crippen LogP contribution in [0.25, 0.3) is 0 Å². The van der Waals surface area contributed by atoms with E-state index >= 15 is 0 Å². The highest BCUT2D eigenvalue weighted by Gasteiger charge is 2.29. The number of ether oxygens (including phenoxy) is 1. The van der Waals surface area contributed by atoms with Gasteiger partial charge in [-0.25, -0.2) is 8.42 Å². The molecule has 3 aromatic rings. The fourth-order valence-electron chi connectivity index (χ4n) is 2.55. The Morgan fingerprint density at radius 2 is 1.48 bits per heavy atom. The van der Waals surface area contributed by atoms with E-state index in [9.17, 15) is 26.4 Å². The molecule has 0 atom stereocenters. The molecule has 0 aliphatic rings. The highest BCUT2D eigenvalue weighted by Crippen LogP contribution is 2.27. The Labute approximate surface area is 176 Å². The van der Waals surface area contributed by atoms with Gasteiger partial charge < -0.3 is 10.1 Å². The first-order valence-corrected chi connectivity index (χ1v) is 10.4. The van der Waals surface area contributed by atoms with E-state index in [2.05, 4.69) is 10.0 Å². The van der Waals surface area contributed by atoms with Crippen molar-refractivity contribution in [2.24, 2.45) is 0 Å². The van der Waals surface area contributed by atoms with Crippen molar-refractivity contribution in [2.45, 2.75) is 11.1 Å². The predicted octanol–water partition coefficient (Wildman–Crippen LogP) is 4.68. The minimum atomic E-state index is -4.51. The number of alkyl halides is 3. The van der Waals surface area contributed by atoms with Gasteiger partial charge in [-0.05, 0) is 48.5 Å². The smallest absolute Gasteiger partial charge is 0.422 e. The zero-order valence-corrected chi connectivity index (χ0v) is 16.7. The van der Waals surface area contributed by atoms with Crippen LogP contribution in [0.3, 0.4) is 0 Å². The number of halogens is 3. The van der Waals surface area contributed by atoms with Crippen molar-refractivity contribution >= 4 is 27.3 Å². The number of para-hydroxylation sites is 2. The third kappa shape index (κ3) is 6.22. The zero-order valence-electron chi connectivity index (χ0n) is 15.9. The summed E-state index contributed by atoms with van der Waals surface area (Å²) in [5.74, 6) is -0.721. The van der Waals surface area contributed by atoms with Gasteiger partial charge in [0.05, 0.1) is 10.6 Å². The molecular weight excluding hydrogens is 433 g/mol. The van der Waals surface area contributed by atoms with Crippen LogP contribution in [-0.2, 0) is 10.0 Å². The Morgan fingerprint density at radius 3 is 2.13 bits per heavy atom. The van der Waals surface area contributed by atoms with Gasteiger partial charge >= 0.3 is 6.18 Å². The van der Waals surface area contributed by atoms with Crippen LogP contribution < -0.4 is 14.8 Å².